The van der Waals surface area contributed by atoms with Gasteiger partial charge in [-0.2, -0.15) is 0 Å². The van der Waals surface area contributed by atoms with E-state index in [2.05, 4.69) is 112 Å². The molecule has 0 aliphatic rings. The first-order chi connectivity index (χ1) is 58.4. The highest BCUT2D eigenvalue weighted by Crippen LogP contribution is 2.13. The number of nitrogens with one attached hydrogen (secondary N) is 8. The Kier molecular flexibility index (Phi) is 65.9. The zero-order chi connectivity index (χ0) is 93.5. The van der Waals surface area contributed by atoms with Crippen molar-refractivity contribution in [3.63, 3.8) is 0 Å². The quantitative estimate of drug-likeness (QED) is 0.0113. The first kappa shape index (κ1) is 114. The van der Waals surface area contributed by atoms with Crippen molar-refractivity contribution < 1.29 is 136 Å². The van der Waals surface area contributed by atoms with Gasteiger partial charge in [-0.3, -0.25) is 19.2 Å². The number of carboxylic acids is 6. The van der Waals surface area contributed by atoms with E-state index in [0.29, 0.717) is 62.1 Å². The molecule has 0 aromatic heterocycles. The number of aliphatic carboxylic acids is 6. The summed E-state index contributed by atoms with van der Waals surface area (Å²) >= 11 is 0. The highest BCUT2D eigenvalue weighted by molar-refractivity contribution is 5.90. The number of aliphatic imine (C=N–C) groups is 2. The van der Waals surface area contributed by atoms with Crippen molar-refractivity contribution in [2.45, 2.75) is 164 Å². The minimum Gasteiger partial charge on any atom is -0.481 e. The molecule has 0 saturated carbocycles. The Morgan fingerprint density at radius 2 is 0.659 bits per heavy atom. The Labute approximate surface area is 713 Å². The molecule has 0 bridgehead atoms. The molecule has 0 heterocycles. The molecule has 123 heavy (non-hydrogen) atoms. The van der Waals surface area contributed by atoms with Crippen LogP contribution in [0.15, 0.2) is 134 Å². The fraction of sp³-hybridized carbons (Fsp3) is 0.487. The zero-order valence-electron chi connectivity index (χ0n) is 69.6. The summed E-state index contributed by atoms with van der Waals surface area (Å²) < 4.78 is 29.8. The SMILES string of the molecule is C=CCOC(=O)CC[C@H](NC(=O)N[C@@H](CCCCN)C(=O)OCC=C)C(=O)OCC=C.C=CCOC(=O)CC[C@H](NC(=O)N[C@@H](Cc1ccc(N)cc1)C(=O)OCC=C)C(=O)OCC=C.CCN=C=NCCCN(C)C.NCCCC[C@H](NC(=O)N[C@@H](CCC(=O)O)C(=O)O)C(=O)O.Nc1ccc(C[C@H](NC(=O)N[C@@H](CCC(=O)O)C(=O)O)C(=O)O)cc1. The lowest BCUT2D eigenvalue weighted by molar-refractivity contribution is -0.147. The molecule has 2 aromatic rings. The molecule has 0 unspecified atom stereocenters. The maximum atomic E-state index is 12.7. The average molecular weight is 1740 g/mol. The van der Waals surface area contributed by atoms with E-state index in [1.165, 1.54) is 36.5 Å². The third kappa shape index (κ3) is 62.3. The predicted octanol–water partition coefficient (Wildman–Crippen LogP) is 3.13. The molecule has 2 aromatic carbocycles. The summed E-state index contributed by atoms with van der Waals surface area (Å²) in [5, 5.41) is 71.4. The van der Waals surface area contributed by atoms with E-state index in [4.69, 9.17) is 76.9 Å². The molecule has 684 valence electrons. The van der Waals surface area contributed by atoms with Gasteiger partial charge in [-0.1, -0.05) is 100 Å². The van der Waals surface area contributed by atoms with Crippen LogP contribution in [0.4, 0.5) is 30.6 Å². The molecule has 0 aliphatic heterocycles. The lowest BCUT2D eigenvalue weighted by Crippen LogP contribution is -2.52. The highest BCUT2D eigenvalue weighted by atomic mass is 16.6. The number of nitrogens with two attached hydrogens (primary N) is 4. The van der Waals surface area contributed by atoms with Crippen molar-refractivity contribution in [1.29, 1.82) is 0 Å². The Bertz CT molecular complexity index is 3730. The lowest BCUT2D eigenvalue weighted by Gasteiger charge is -2.21. The predicted molar refractivity (Wildman–Crippen MR) is 450 cm³/mol. The molecular weight excluding hydrogens is 1620 g/mol. The van der Waals surface area contributed by atoms with Crippen LogP contribution in [0.3, 0.4) is 0 Å². The number of benzene rings is 2. The third-order valence-corrected chi connectivity index (χ3v) is 15.3. The number of urea groups is 4. The fourth-order valence-electron chi connectivity index (χ4n) is 9.22. The monoisotopic (exact) mass is 1740 g/mol. The standard InChI is InChI=1S/C24H31N3O7.C21H33N3O7.C15H19N3O7.C12H21N3O7.C8H17N3/c1-4-13-32-21(28)12-11-19(22(29)33-14-5-2)26-24(31)27-20(23(30)34-15-6-3)16-17-7-9-18(25)10-8-17;1-4-13-29-18(25)11-10-17(20(27)31-15-6-3)24-21(28)23-16(9-7-8-12-22)19(26)30-14-5-2;16-9-3-1-8(2-4-9)7-11(14(23)24)18-15(25)17-10(13(21)22)5-6-12(19)20;13-6-2-1-3-7(10(18)19)14-12(22)15-8(11(20)21)4-5-9(16)17;1-4-9-8-10-6-5-7-11(2)3/h4-10,19-20H,1-3,11-16,25H2,(H2,26,27,31);4-6,16-17H,1-3,7-15,22H2,(H2,23,24,28);1-4,10-11H,5-7,16H2,(H,19,20)(H,21,22)(H,23,24)(H2,17,18,25);7-8H,1-6,13H2,(H,16,17)(H,18,19)(H,20,21)(H2,14,15,22);4-7H2,1-3H3/t19-,20-;16-,17-;10-,11-;7-,8-;/m0000./s1. The van der Waals surface area contributed by atoms with Gasteiger partial charge in [-0.25, -0.2) is 67.5 Å². The smallest absolute Gasteiger partial charge is 0.329 e. The number of amides is 8. The van der Waals surface area contributed by atoms with Gasteiger partial charge in [0, 0.05) is 56.4 Å². The number of esters is 6. The topological polar surface area (TPSA) is 678 Å². The Hall–Kier alpha value is -13.5. The number of carbonyl (C=O) groups excluding carboxylic acids is 10. The van der Waals surface area contributed by atoms with Gasteiger partial charge in [0.15, 0.2) is 0 Å². The molecule has 8 amide bonds. The summed E-state index contributed by atoms with van der Waals surface area (Å²) in [6, 6.07) is 2.58. The highest BCUT2D eigenvalue weighted by Gasteiger charge is 2.32. The van der Waals surface area contributed by atoms with Gasteiger partial charge in [0.1, 0.15) is 88.0 Å². The Balaban J connectivity index is -0.00000151. The number of ether oxygens (including phenoxy) is 6. The molecule has 0 aliphatic carbocycles. The summed E-state index contributed by atoms with van der Waals surface area (Å²) in [7, 11) is 4.12. The molecule has 0 saturated heterocycles. The van der Waals surface area contributed by atoms with Crippen molar-refractivity contribution in [3.8, 4) is 0 Å². The van der Waals surface area contributed by atoms with E-state index in [0.717, 1.165) is 31.6 Å². The van der Waals surface area contributed by atoms with Gasteiger partial charge < -0.3 is 129 Å². The number of nitrogens with zero attached hydrogens (tertiary/aromatic N) is 3. The minimum atomic E-state index is -1.44. The van der Waals surface area contributed by atoms with Crippen LogP contribution in [0, 0.1) is 0 Å². The Morgan fingerprint density at radius 1 is 0.382 bits per heavy atom. The first-order valence-electron chi connectivity index (χ1n) is 38.5. The summed E-state index contributed by atoms with van der Waals surface area (Å²) in [5.74, 6) is -11.7. The van der Waals surface area contributed by atoms with Crippen molar-refractivity contribution in [2.24, 2.45) is 21.5 Å². The van der Waals surface area contributed by atoms with Gasteiger partial charge in [0.05, 0.1) is 12.6 Å². The summed E-state index contributed by atoms with van der Waals surface area (Å²) in [6.07, 6.45) is 10.4. The molecule has 22 N–H and O–H groups in total. The van der Waals surface area contributed by atoms with Crippen molar-refractivity contribution >= 4 is 113 Å². The second-order valence-corrected chi connectivity index (χ2v) is 25.9. The third-order valence-electron chi connectivity index (χ3n) is 15.3. The van der Waals surface area contributed by atoms with Gasteiger partial charge in [0.2, 0.25) is 0 Å². The second-order valence-electron chi connectivity index (χ2n) is 25.9. The van der Waals surface area contributed by atoms with Crippen LogP contribution < -0.4 is 65.5 Å². The van der Waals surface area contributed by atoms with Crippen LogP contribution in [0.25, 0.3) is 0 Å². The maximum absolute atomic E-state index is 12.7. The summed E-state index contributed by atoms with van der Waals surface area (Å²) in [4.78, 5) is 196. The number of nitrogen functional groups attached to an aromatic ring is 2. The summed E-state index contributed by atoms with van der Waals surface area (Å²) in [5.41, 5.74) is 24.4. The zero-order valence-corrected chi connectivity index (χ0v) is 69.6. The number of hydrogen-bond donors (Lipinski definition) is 18. The van der Waals surface area contributed by atoms with Crippen LogP contribution in [0.5, 0.6) is 0 Å². The minimum absolute atomic E-state index is 0.00115. The molecule has 8 atom stereocenters. The molecule has 2 rings (SSSR count). The van der Waals surface area contributed by atoms with Crippen LogP contribution in [0.1, 0.15) is 114 Å². The fourth-order valence-corrected chi connectivity index (χ4v) is 9.22. The van der Waals surface area contributed by atoms with Crippen molar-refractivity contribution in [3.05, 3.63) is 136 Å². The summed E-state index contributed by atoms with van der Waals surface area (Å²) in [6.45, 7) is 26.2. The number of unbranched alkanes of at least 4 members (excludes halogenated alkanes) is 2. The van der Waals surface area contributed by atoms with E-state index in [9.17, 15) is 81.8 Å². The van der Waals surface area contributed by atoms with E-state index >= 15 is 0 Å². The van der Waals surface area contributed by atoms with E-state index < -0.39 is 157 Å². The molecule has 0 radical (unpaired) electrons. The van der Waals surface area contributed by atoms with Crippen molar-refractivity contribution in [2.75, 3.05) is 97.9 Å². The molecular formula is C80H121N15O28. The number of hydrogen-bond acceptors (Lipinski definition) is 29. The van der Waals surface area contributed by atoms with Crippen molar-refractivity contribution in [1.82, 2.24) is 47.4 Å². The van der Waals surface area contributed by atoms with Crippen LogP contribution >= 0.6 is 0 Å². The average Bonchev–Trinajstić information content (AvgIpc) is 0.886. The maximum Gasteiger partial charge on any atom is 0.329 e. The van der Waals surface area contributed by atoms with Crippen LogP contribution in [-0.4, -0.2) is 272 Å². The first-order valence-corrected chi connectivity index (χ1v) is 38.5. The number of rotatable bonds is 57. The van der Waals surface area contributed by atoms with Gasteiger partial charge in [0.25, 0.3) is 0 Å². The molecule has 0 spiro atoms. The van der Waals surface area contributed by atoms with Crippen LogP contribution in [0.2, 0.25) is 0 Å². The normalized spacial score (nSPS) is 12.0. The number of carbonyl (C=O) groups is 16. The van der Waals surface area contributed by atoms with E-state index in [-0.39, 0.29) is 97.4 Å². The number of carboxylic acid groups (broad SMARTS) is 6. The second kappa shape index (κ2) is 71.4. The van der Waals surface area contributed by atoms with E-state index in [1.54, 1.807) is 48.5 Å². The van der Waals surface area contributed by atoms with E-state index in [1.807, 2.05) is 12.2 Å². The molecule has 43 nitrogen and oxygen atoms in total. The van der Waals surface area contributed by atoms with Crippen LogP contribution in [-0.2, 0) is 98.8 Å². The number of anilines is 2. The molecule has 0 fully saturated rings. The largest absolute Gasteiger partial charge is 0.481 e. The van der Waals surface area contributed by atoms with Gasteiger partial charge in [-0.15, -0.1) is 0 Å². The lowest BCUT2D eigenvalue weighted by atomic mass is 10.1. The van der Waals surface area contributed by atoms with Gasteiger partial charge in [-0.05, 0) is 147 Å². The molecule has 43 heteroatoms. The van der Waals surface area contributed by atoms with Gasteiger partial charge >= 0.3 is 95.8 Å². The Morgan fingerprint density at radius 3 is 0.967 bits per heavy atom.